The summed E-state index contributed by atoms with van der Waals surface area (Å²) in [6.45, 7) is 1.12. The first-order chi connectivity index (χ1) is 10.1. The molecule has 21 heavy (non-hydrogen) atoms. The SMILES string of the molecule is Fc1cc(Cl)c(NC2CCCC2C2CCCCN2)c(Cl)c1. The highest BCUT2D eigenvalue weighted by Gasteiger charge is 2.34. The lowest BCUT2D eigenvalue weighted by molar-refractivity contribution is 0.286. The number of hydrogen-bond donors (Lipinski definition) is 2. The molecule has 1 aromatic rings. The van der Waals surface area contributed by atoms with Crippen molar-refractivity contribution in [2.45, 2.75) is 50.6 Å². The zero-order valence-corrected chi connectivity index (χ0v) is 13.5. The maximum atomic E-state index is 13.3. The van der Waals surface area contributed by atoms with Crippen LogP contribution < -0.4 is 10.6 Å². The third-order valence-corrected chi connectivity index (χ3v) is 5.37. The van der Waals surface area contributed by atoms with E-state index in [-0.39, 0.29) is 0 Å². The summed E-state index contributed by atoms with van der Waals surface area (Å²) in [4.78, 5) is 0. The second-order valence-electron chi connectivity index (χ2n) is 6.15. The van der Waals surface area contributed by atoms with Gasteiger partial charge in [0.1, 0.15) is 5.82 Å². The lowest BCUT2D eigenvalue weighted by Crippen LogP contribution is -2.44. The molecule has 2 aliphatic rings. The van der Waals surface area contributed by atoms with Gasteiger partial charge in [-0.3, -0.25) is 0 Å². The fourth-order valence-electron chi connectivity index (χ4n) is 3.76. The van der Waals surface area contributed by atoms with Crippen molar-refractivity contribution < 1.29 is 4.39 Å². The van der Waals surface area contributed by atoms with Crippen LogP contribution in [0.4, 0.5) is 10.1 Å². The van der Waals surface area contributed by atoms with Gasteiger partial charge in [-0.15, -0.1) is 0 Å². The van der Waals surface area contributed by atoms with E-state index >= 15 is 0 Å². The largest absolute Gasteiger partial charge is 0.380 e. The van der Waals surface area contributed by atoms with E-state index in [1.165, 1.54) is 44.2 Å². The Morgan fingerprint density at radius 3 is 2.48 bits per heavy atom. The molecular formula is C16H21Cl2FN2. The number of benzene rings is 1. The molecule has 5 heteroatoms. The van der Waals surface area contributed by atoms with E-state index in [1.54, 1.807) is 0 Å². The molecule has 1 aromatic carbocycles. The average molecular weight is 331 g/mol. The predicted octanol–water partition coefficient (Wildman–Crippen LogP) is 4.86. The van der Waals surface area contributed by atoms with E-state index < -0.39 is 5.82 Å². The quantitative estimate of drug-likeness (QED) is 0.827. The summed E-state index contributed by atoms with van der Waals surface area (Å²) in [5.41, 5.74) is 0.674. The summed E-state index contributed by atoms with van der Waals surface area (Å²) in [5, 5.41) is 7.86. The molecule has 0 radical (unpaired) electrons. The molecule has 0 bridgehead atoms. The second kappa shape index (κ2) is 6.72. The Kier molecular flexibility index (Phi) is 4.92. The van der Waals surface area contributed by atoms with Crippen LogP contribution in [0.25, 0.3) is 0 Å². The monoisotopic (exact) mass is 330 g/mol. The minimum atomic E-state index is -0.396. The molecule has 1 aliphatic heterocycles. The molecule has 2 N–H and O–H groups in total. The molecule has 1 heterocycles. The Morgan fingerprint density at radius 2 is 1.81 bits per heavy atom. The van der Waals surface area contributed by atoms with E-state index in [0.717, 1.165) is 13.0 Å². The van der Waals surface area contributed by atoms with Crippen molar-refractivity contribution in [3.63, 3.8) is 0 Å². The van der Waals surface area contributed by atoms with Crippen LogP contribution in [0.3, 0.4) is 0 Å². The van der Waals surface area contributed by atoms with Crippen LogP contribution in [0, 0.1) is 11.7 Å². The Hall–Kier alpha value is -0.510. The summed E-state index contributed by atoms with van der Waals surface area (Å²) in [5.74, 6) is 0.204. The number of hydrogen-bond acceptors (Lipinski definition) is 2. The molecule has 116 valence electrons. The predicted molar refractivity (Wildman–Crippen MR) is 86.8 cm³/mol. The van der Waals surface area contributed by atoms with Crippen LogP contribution >= 0.6 is 23.2 Å². The standard InChI is InChI=1S/C16H21Cl2FN2/c17-12-8-10(19)9-13(18)16(12)21-15-6-3-4-11(15)14-5-1-2-7-20-14/h8-9,11,14-15,20-21H,1-7H2. The van der Waals surface area contributed by atoms with Crippen molar-refractivity contribution in [1.82, 2.24) is 5.32 Å². The molecule has 3 atom stereocenters. The number of nitrogens with one attached hydrogen (secondary N) is 2. The van der Waals surface area contributed by atoms with Crippen LogP contribution in [0.2, 0.25) is 10.0 Å². The van der Waals surface area contributed by atoms with Crippen molar-refractivity contribution in [1.29, 1.82) is 0 Å². The van der Waals surface area contributed by atoms with E-state index in [4.69, 9.17) is 23.2 Å². The number of anilines is 1. The van der Waals surface area contributed by atoms with Gasteiger partial charge >= 0.3 is 0 Å². The Labute approximate surface area is 135 Å². The van der Waals surface area contributed by atoms with Crippen LogP contribution in [0.5, 0.6) is 0 Å². The van der Waals surface area contributed by atoms with Crippen molar-refractivity contribution in [3.8, 4) is 0 Å². The topological polar surface area (TPSA) is 24.1 Å². The molecule has 0 aromatic heterocycles. The fraction of sp³-hybridized carbons (Fsp3) is 0.625. The number of halogens is 3. The second-order valence-corrected chi connectivity index (χ2v) is 6.96. The first-order valence-electron chi connectivity index (χ1n) is 7.79. The van der Waals surface area contributed by atoms with Crippen molar-refractivity contribution in [3.05, 3.63) is 28.0 Å². The van der Waals surface area contributed by atoms with Gasteiger partial charge in [0.2, 0.25) is 0 Å². The minimum Gasteiger partial charge on any atom is -0.380 e. The minimum absolute atomic E-state index is 0.362. The van der Waals surface area contributed by atoms with Gasteiger partial charge in [0.05, 0.1) is 15.7 Å². The average Bonchev–Trinajstić information content (AvgIpc) is 2.92. The molecule has 3 rings (SSSR count). The van der Waals surface area contributed by atoms with E-state index in [0.29, 0.717) is 33.7 Å². The third kappa shape index (κ3) is 3.46. The van der Waals surface area contributed by atoms with Gasteiger partial charge in [0.15, 0.2) is 0 Å². The summed E-state index contributed by atoms with van der Waals surface area (Å²) >= 11 is 12.3. The summed E-state index contributed by atoms with van der Waals surface area (Å²) < 4.78 is 13.3. The van der Waals surface area contributed by atoms with Gasteiger partial charge < -0.3 is 10.6 Å². The molecule has 2 fully saturated rings. The highest BCUT2D eigenvalue weighted by atomic mass is 35.5. The Balaban J connectivity index is 1.74. The lowest BCUT2D eigenvalue weighted by Gasteiger charge is -2.33. The van der Waals surface area contributed by atoms with Gasteiger partial charge in [0.25, 0.3) is 0 Å². The smallest absolute Gasteiger partial charge is 0.126 e. The molecule has 0 spiro atoms. The zero-order valence-electron chi connectivity index (χ0n) is 12.0. The molecule has 1 saturated carbocycles. The van der Waals surface area contributed by atoms with Gasteiger partial charge in [-0.2, -0.15) is 0 Å². The van der Waals surface area contributed by atoms with Crippen LogP contribution in [0.1, 0.15) is 38.5 Å². The van der Waals surface area contributed by atoms with Crippen LogP contribution in [0.15, 0.2) is 12.1 Å². The van der Waals surface area contributed by atoms with Gasteiger partial charge in [-0.1, -0.05) is 36.0 Å². The molecule has 1 aliphatic carbocycles. The van der Waals surface area contributed by atoms with Crippen molar-refractivity contribution >= 4 is 28.9 Å². The third-order valence-electron chi connectivity index (χ3n) is 4.77. The van der Waals surface area contributed by atoms with Crippen molar-refractivity contribution in [2.24, 2.45) is 5.92 Å². The van der Waals surface area contributed by atoms with Crippen LogP contribution in [-0.4, -0.2) is 18.6 Å². The van der Waals surface area contributed by atoms with Crippen molar-refractivity contribution in [2.75, 3.05) is 11.9 Å². The first-order valence-corrected chi connectivity index (χ1v) is 8.55. The lowest BCUT2D eigenvalue weighted by atomic mass is 9.88. The Bertz CT molecular complexity index is 480. The van der Waals surface area contributed by atoms with Gasteiger partial charge in [0, 0.05) is 12.1 Å². The number of piperidine rings is 1. The van der Waals surface area contributed by atoms with Crippen LogP contribution in [-0.2, 0) is 0 Å². The van der Waals surface area contributed by atoms with E-state index in [9.17, 15) is 4.39 Å². The van der Waals surface area contributed by atoms with Gasteiger partial charge in [-0.25, -0.2) is 4.39 Å². The molecular weight excluding hydrogens is 310 g/mol. The van der Waals surface area contributed by atoms with E-state index in [1.807, 2.05) is 0 Å². The molecule has 2 nitrogen and oxygen atoms in total. The fourth-order valence-corrected chi connectivity index (χ4v) is 4.33. The zero-order chi connectivity index (χ0) is 14.8. The molecule has 0 amide bonds. The molecule has 3 unspecified atom stereocenters. The highest BCUT2D eigenvalue weighted by Crippen LogP contribution is 2.38. The first kappa shape index (κ1) is 15.4. The van der Waals surface area contributed by atoms with Gasteiger partial charge in [-0.05, 0) is 50.3 Å². The molecule has 1 saturated heterocycles. The normalized spacial score (nSPS) is 29.6. The maximum Gasteiger partial charge on any atom is 0.126 e. The summed E-state index contributed by atoms with van der Waals surface area (Å²) in [6.07, 6.45) is 7.39. The number of rotatable bonds is 3. The highest BCUT2D eigenvalue weighted by molar-refractivity contribution is 6.39. The summed E-state index contributed by atoms with van der Waals surface area (Å²) in [7, 11) is 0. The summed E-state index contributed by atoms with van der Waals surface area (Å²) in [6, 6.07) is 3.58. The Morgan fingerprint density at radius 1 is 1.05 bits per heavy atom. The van der Waals surface area contributed by atoms with E-state index in [2.05, 4.69) is 10.6 Å². The maximum absolute atomic E-state index is 13.3.